The Kier molecular flexibility index (Phi) is 5.14. The Morgan fingerprint density at radius 1 is 1.67 bits per heavy atom. The van der Waals surface area contributed by atoms with Gasteiger partial charge < -0.3 is 20.4 Å². The van der Waals surface area contributed by atoms with Crippen LogP contribution < -0.4 is 10.6 Å². The summed E-state index contributed by atoms with van der Waals surface area (Å²) in [7, 11) is 1.68. The van der Waals surface area contributed by atoms with Crippen molar-refractivity contribution >= 4 is 17.3 Å². The molecule has 0 aliphatic rings. The normalized spacial score (nSPS) is 12.1. The summed E-state index contributed by atoms with van der Waals surface area (Å²) in [5.41, 5.74) is 1.18. The topological polar surface area (TPSA) is 49.1 Å². The van der Waals surface area contributed by atoms with Crippen LogP contribution in [0.1, 0.15) is 12.5 Å². The van der Waals surface area contributed by atoms with Crippen LogP contribution in [0, 0.1) is 0 Å². The number of hydrogen-bond acceptors (Lipinski definition) is 2. The fourth-order valence-corrected chi connectivity index (χ4v) is 1.49. The number of nitrogens with one attached hydrogen (secondary N) is 3. The fraction of sp³-hybridized carbons (Fsp3) is 0.500. The van der Waals surface area contributed by atoms with E-state index in [1.165, 1.54) is 5.56 Å². The molecule has 0 radical (unpaired) electrons. The second kappa shape index (κ2) is 6.42. The zero-order valence-corrected chi connectivity index (χ0v) is 9.86. The van der Waals surface area contributed by atoms with Gasteiger partial charge in [-0.15, -0.1) is 0 Å². The summed E-state index contributed by atoms with van der Waals surface area (Å²) in [5.74, 6) is 0. The molecular formula is C10H17N3OS. The molecule has 0 fully saturated rings. The van der Waals surface area contributed by atoms with E-state index in [0.29, 0.717) is 11.7 Å². The fourth-order valence-electron chi connectivity index (χ4n) is 1.22. The maximum atomic E-state index is 5.13. The molecule has 0 saturated heterocycles. The number of thiocarbonyl (C=S) groups is 1. The quantitative estimate of drug-likeness (QED) is 0.657. The molecule has 0 aromatic carbocycles. The van der Waals surface area contributed by atoms with Crippen molar-refractivity contribution < 1.29 is 4.74 Å². The number of rotatable bonds is 5. The Morgan fingerprint density at radius 2 is 2.47 bits per heavy atom. The van der Waals surface area contributed by atoms with Crippen LogP contribution in [-0.2, 0) is 11.3 Å². The maximum Gasteiger partial charge on any atom is 0.166 e. The highest BCUT2D eigenvalue weighted by atomic mass is 32.1. The molecule has 0 spiro atoms. The summed E-state index contributed by atoms with van der Waals surface area (Å²) in [6, 6.07) is 2.23. The Labute approximate surface area is 95.4 Å². The minimum Gasteiger partial charge on any atom is -0.383 e. The van der Waals surface area contributed by atoms with E-state index in [1.54, 1.807) is 7.11 Å². The zero-order chi connectivity index (χ0) is 11.1. The maximum absolute atomic E-state index is 5.13. The zero-order valence-electron chi connectivity index (χ0n) is 9.04. The van der Waals surface area contributed by atoms with Gasteiger partial charge in [0.15, 0.2) is 5.11 Å². The number of aromatic amines is 1. The predicted octanol–water partition coefficient (Wildman–Crippen LogP) is 1.01. The molecule has 1 atom stereocenters. The Balaban J connectivity index is 2.19. The highest BCUT2D eigenvalue weighted by Gasteiger charge is 2.02. The molecule has 84 valence electrons. The van der Waals surface area contributed by atoms with Crippen LogP contribution in [-0.4, -0.2) is 29.9 Å². The third-order valence-electron chi connectivity index (χ3n) is 1.91. The van der Waals surface area contributed by atoms with Gasteiger partial charge in [0.1, 0.15) is 0 Å². The molecular weight excluding hydrogens is 210 g/mol. The van der Waals surface area contributed by atoms with Crippen molar-refractivity contribution in [3.05, 3.63) is 24.0 Å². The van der Waals surface area contributed by atoms with Crippen LogP contribution in [0.3, 0.4) is 0 Å². The third-order valence-corrected chi connectivity index (χ3v) is 2.17. The van der Waals surface area contributed by atoms with Crippen molar-refractivity contribution in [2.75, 3.05) is 13.7 Å². The van der Waals surface area contributed by atoms with Gasteiger partial charge in [-0.25, -0.2) is 0 Å². The molecule has 1 aromatic rings. The lowest BCUT2D eigenvalue weighted by molar-refractivity contribution is 0.179. The molecule has 1 aromatic heterocycles. The minimum absolute atomic E-state index is 0.223. The van der Waals surface area contributed by atoms with Gasteiger partial charge in [-0.05, 0) is 30.8 Å². The van der Waals surface area contributed by atoms with Crippen molar-refractivity contribution in [2.45, 2.75) is 19.5 Å². The van der Waals surface area contributed by atoms with Crippen LogP contribution in [0.15, 0.2) is 18.5 Å². The molecule has 1 unspecified atom stereocenters. The van der Waals surface area contributed by atoms with Crippen molar-refractivity contribution in [3.8, 4) is 0 Å². The van der Waals surface area contributed by atoms with E-state index in [1.807, 2.05) is 25.4 Å². The highest BCUT2D eigenvalue weighted by Crippen LogP contribution is 1.94. The second-order valence-corrected chi connectivity index (χ2v) is 3.81. The van der Waals surface area contributed by atoms with E-state index in [9.17, 15) is 0 Å². The average Bonchev–Trinajstić information content (AvgIpc) is 2.67. The van der Waals surface area contributed by atoms with Crippen LogP contribution >= 0.6 is 12.2 Å². The number of hydrogen-bond donors (Lipinski definition) is 3. The lowest BCUT2D eigenvalue weighted by Gasteiger charge is -2.15. The predicted molar refractivity (Wildman–Crippen MR) is 64.7 cm³/mol. The van der Waals surface area contributed by atoms with Crippen molar-refractivity contribution in [2.24, 2.45) is 0 Å². The monoisotopic (exact) mass is 227 g/mol. The van der Waals surface area contributed by atoms with Crippen LogP contribution in [0.4, 0.5) is 0 Å². The minimum atomic E-state index is 0.223. The largest absolute Gasteiger partial charge is 0.383 e. The SMILES string of the molecule is COCC(C)NC(=S)NCc1cc[nH]c1. The van der Waals surface area contributed by atoms with Gasteiger partial charge in [0.2, 0.25) is 0 Å². The molecule has 0 aliphatic heterocycles. The van der Waals surface area contributed by atoms with Crippen LogP contribution in [0.25, 0.3) is 0 Å². The third kappa shape index (κ3) is 4.80. The summed E-state index contributed by atoms with van der Waals surface area (Å²) in [4.78, 5) is 2.99. The van der Waals surface area contributed by atoms with E-state index in [4.69, 9.17) is 17.0 Å². The lowest BCUT2D eigenvalue weighted by atomic mass is 10.3. The van der Waals surface area contributed by atoms with Gasteiger partial charge in [-0.1, -0.05) is 0 Å². The summed E-state index contributed by atoms with van der Waals surface area (Å²) < 4.78 is 5.00. The molecule has 0 aliphatic carbocycles. The first kappa shape index (κ1) is 12.0. The Morgan fingerprint density at radius 3 is 3.07 bits per heavy atom. The van der Waals surface area contributed by atoms with E-state index >= 15 is 0 Å². The molecule has 0 saturated carbocycles. The van der Waals surface area contributed by atoms with E-state index in [0.717, 1.165) is 6.54 Å². The molecule has 0 bridgehead atoms. The standard InChI is InChI=1S/C10H17N3OS/c1-8(7-14-2)13-10(15)12-6-9-3-4-11-5-9/h3-5,8,11H,6-7H2,1-2H3,(H2,12,13,15). The Bertz CT molecular complexity index is 287. The van der Waals surface area contributed by atoms with Crippen LogP contribution in [0.5, 0.6) is 0 Å². The first-order valence-electron chi connectivity index (χ1n) is 4.87. The first-order valence-corrected chi connectivity index (χ1v) is 5.28. The van der Waals surface area contributed by atoms with Crippen LogP contribution in [0.2, 0.25) is 0 Å². The van der Waals surface area contributed by atoms with Gasteiger partial charge in [-0.3, -0.25) is 0 Å². The average molecular weight is 227 g/mol. The number of H-pyrrole nitrogens is 1. The van der Waals surface area contributed by atoms with Gasteiger partial charge in [-0.2, -0.15) is 0 Å². The molecule has 15 heavy (non-hydrogen) atoms. The lowest BCUT2D eigenvalue weighted by Crippen LogP contribution is -2.42. The van der Waals surface area contributed by atoms with E-state index < -0.39 is 0 Å². The smallest absolute Gasteiger partial charge is 0.166 e. The van der Waals surface area contributed by atoms with Gasteiger partial charge >= 0.3 is 0 Å². The molecule has 3 N–H and O–H groups in total. The molecule has 1 rings (SSSR count). The van der Waals surface area contributed by atoms with E-state index in [2.05, 4.69) is 15.6 Å². The number of ether oxygens (including phenoxy) is 1. The van der Waals surface area contributed by atoms with Crippen molar-refractivity contribution in [1.29, 1.82) is 0 Å². The molecule has 1 heterocycles. The highest BCUT2D eigenvalue weighted by molar-refractivity contribution is 7.80. The van der Waals surface area contributed by atoms with Crippen molar-refractivity contribution in [1.82, 2.24) is 15.6 Å². The summed E-state index contributed by atoms with van der Waals surface area (Å²) in [6.07, 6.45) is 3.83. The molecule has 4 nitrogen and oxygen atoms in total. The van der Waals surface area contributed by atoms with Gasteiger partial charge in [0, 0.05) is 32.1 Å². The summed E-state index contributed by atoms with van der Waals surface area (Å²) >= 11 is 5.13. The molecule has 5 heteroatoms. The first-order chi connectivity index (χ1) is 7.22. The summed E-state index contributed by atoms with van der Waals surface area (Å²) in [5, 5.41) is 6.90. The van der Waals surface area contributed by atoms with Gasteiger partial charge in [0.05, 0.1) is 6.61 Å². The second-order valence-electron chi connectivity index (χ2n) is 3.40. The molecule has 0 amide bonds. The Hall–Kier alpha value is -1.07. The van der Waals surface area contributed by atoms with Gasteiger partial charge in [0.25, 0.3) is 0 Å². The number of methoxy groups -OCH3 is 1. The van der Waals surface area contributed by atoms with Crippen molar-refractivity contribution in [3.63, 3.8) is 0 Å². The summed E-state index contributed by atoms with van der Waals surface area (Å²) in [6.45, 7) is 3.40. The van der Waals surface area contributed by atoms with E-state index in [-0.39, 0.29) is 6.04 Å². The number of aromatic nitrogens is 1.